The molecule has 0 amide bonds. The number of benzene rings is 1. The Bertz CT molecular complexity index is 849. The minimum Gasteiger partial charge on any atom is -0.360 e. The largest absolute Gasteiger partial charge is 0.360 e. The third kappa shape index (κ3) is 4.33. The highest BCUT2D eigenvalue weighted by molar-refractivity contribution is 9.10. The fraction of sp³-hybridized carbons (Fsp3) is 0.267. The average molecular weight is 411 g/mol. The molecule has 0 bridgehead atoms. The molecule has 8 heteroatoms. The number of halogens is 1. The number of rotatable bonds is 7. The van der Waals surface area contributed by atoms with Gasteiger partial charge in [0, 0.05) is 28.2 Å². The van der Waals surface area contributed by atoms with E-state index in [0.29, 0.717) is 4.96 Å². The Morgan fingerprint density at radius 3 is 2.96 bits per heavy atom. The van der Waals surface area contributed by atoms with Crippen LogP contribution in [0.2, 0.25) is 0 Å². The maximum atomic E-state index is 11.6. The molecule has 0 unspecified atom stereocenters. The molecule has 0 saturated heterocycles. The molecule has 3 aromatic rings. The molecule has 120 valence electrons. The van der Waals surface area contributed by atoms with Crippen LogP contribution in [0.4, 0.5) is 5.13 Å². The maximum Gasteiger partial charge on any atom is 0.275 e. The van der Waals surface area contributed by atoms with E-state index in [0.717, 1.165) is 34.7 Å². The van der Waals surface area contributed by atoms with Crippen molar-refractivity contribution in [3.05, 3.63) is 51.4 Å². The van der Waals surface area contributed by atoms with Gasteiger partial charge < -0.3 is 5.32 Å². The molecule has 1 aromatic carbocycles. The van der Waals surface area contributed by atoms with Gasteiger partial charge in [-0.25, -0.2) is 4.98 Å². The number of hydrogen-bond donors (Lipinski definition) is 1. The van der Waals surface area contributed by atoms with Crippen LogP contribution in [0.5, 0.6) is 0 Å². The zero-order valence-electron chi connectivity index (χ0n) is 12.2. The monoisotopic (exact) mass is 410 g/mol. The molecule has 0 aliphatic heterocycles. The van der Waals surface area contributed by atoms with Crippen LogP contribution in [0, 0.1) is 0 Å². The van der Waals surface area contributed by atoms with E-state index in [-0.39, 0.29) is 5.56 Å². The zero-order valence-corrected chi connectivity index (χ0v) is 15.5. The Kier molecular flexibility index (Phi) is 5.69. The summed E-state index contributed by atoms with van der Waals surface area (Å²) in [5.74, 6) is 1.07. The lowest BCUT2D eigenvalue weighted by molar-refractivity contribution is 0.831. The molecule has 0 aliphatic carbocycles. The van der Waals surface area contributed by atoms with Crippen molar-refractivity contribution >= 4 is 49.1 Å². The molecule has 2 aromatic heterocycles. The standard InChI is InChI=1S/C15H15BrN4OS2/c16-11-5-1-2-6-12(11)22-10-4-3-8-17-14-19-20-13(21)7-9-18-15(20)23-14/h1-2,5-7,9H,3-4,8,10H2,(H,17,19). The minimum absolute atomic E-state index is 0.149. The van der Waals surface area contributed by atoms with E-state index in [2.05, 4.69) is 49.5 Å². The first-order chi connectivity index (χ1) is 11.2. The number of nitrogens with one attached hydrogen (secondary N) is 1. The van der Waals surface area contributed by atoms with Gasteiger partial charge >= 0.3 is 0 Å². The Morgan fingerprint density at radius 2 is 2.13 bits per heavy atom. The van der Waals surface area contributed by atoms with Crippen LogP contribution >= 0.6 is 39.0 Å². The van der Waals surface area contributed by atoms with Gasteiger partial charge in [0.05, 0.1) is 0 Å². The molecule has 0 spiro atoms. The second-order valence-corrected chi connectivity index (χ2v) is 7.74. The fourth-order valence-corrected chi connectivity index (χ4v) is 4.36. The first-order valence-corrected chi connectivity index (χ1v) is 9.79. The van der Waals surface area contributed by atoms with E-state index >= 15 is 0 Å². The van der Waals surface area contributed by atoms with Crippen molar-refractivity contribution < 1.29 is 0 Å². The predicted octanol–water partition coefficient (Wildman–Crippen LogP) is 3.90. The number of hydrogen-bond acceptors (Lipinski definition) is 6. The summed E-state index contributed by atoms with van der Waals surface area (Å²) in [6.45, 7) is 0.838. The number of aromatic nitrogens is 3. The lowest BCUT2D eigenvalue weighted by Crippen LogP contribution is -2.12. The summed E-state index contributed by atoms with van der Waals surface area (Å²) >= 11 is 6.81. The Morgan fingerprint density at radius 1 is 1.26 bits per heavy atom. The summed E-state index contributed by atoms with van der Waals surface area (Å²) in [5, 5.41) is 8.22. The highest BCUT2D eigenvalue weighted by atomic mass is 79.9. The van der Waals surface area contributed by atoms with Crippen LogP contribution in [0.3, 0.4) is 0 Å². The van der Waals surface area contributed by atoms with Crippen LogP contribution in [-0.4, -0.2) is 26.9 Å². The third-order valence-electron chi connectivity index (χ3n) is 3.11. The molecule has 23 heavy (non-hydrogen) atoms. The van der Waals surface area contributed by atoms with E-state index in [1.807, 2.05) is 17.8 Å². The van der Waals surface area contributed by atoms with Crippen molar-refractivity contribution in [1.82, 2.24) is 14.6 Å². The summed E-state index contributed by atoms with van der Waals surface area (Å²) in [5.41, 5.74) is -0.149. The summed E-state index contributed by atoms with van der Waals surface area (Å²) in [4.78, 5) is 17.6. The number of fused-ring (bicyclic) bond motifs is 1. The summed E-state index contributed by atoms with van der Waals surface area (Å²) in [6.07, 6.45) is 3.68. The van der Waals surface area contributed by atoms with Gasteiger partial charge in [0.2, 0.25) is 10.1 Å². The molecular weight excluding hydrogens is 396 g/mol. The number of unbranched alkanes of at least 4 members (excludes halogenated alkanes) is 1. The van der Waals surface area contributed by atoms with Gasteiger partial charge in [-0.3, -0.25) is 4.79 Å². The van der Waals surface area contributed by atoms with Crippen molar-refractivity contribution in [2.45, 2.75) is 17.7 Å². The van der Waals surface area contributed by atoms with E-state index in [1.165, 1.54) is 33.0 Å². The first-order valence-electron chi connectivity index (χ1n) is 7.20. The highest BCUT2D eigenvalue weighted by Gasteiger charge is 2.05. The molecule has 0 radical (unpaired) electrons. The van der Waals surface area contributed by atoms with Gasteiger partial charge in [-0.15, -0.1) is 16.9 Å². The van der Waals surface area contributed by atoms with Gasteiger partial charge in [-0.1, -0.05) is 23.5 Å². The Labute approximate surface area is 150 Å². The number of anilines is 1. The van der Waals surface area contributed by atoms with Crippen molar-refractivity contribution in [1.29, 1.82) is 0 Å². The number of thioether (sulfide) groups is 1. The van der Waals surface area contributed by atoms with Crippen LogP contribution < -0.4 is 10.9 Å². The van der Waals surface area contributed by atoms with E-state index in [9.17, 15) is 4.79 Å². The normalized spacial score (nSPS) is 11.0. The highest BCUT2D eigenvalue weighted by Crippen LogP contribution is 2.27. The molecule has 0 saturated carbocycles. The summed E-state index contributed by atoms with van der Waals surface area (Å²) in [6, 6.07) is 9.68. The van der Waals surface area contributed by atoms with Gasteiger partial charge in [-0.05, 0) is 46.7 Å². The number of nitrogens with zero attached hydrogens (tertiary/aromatic N) is 3. The van der Waals surface area contributed by atoms with E-state index in [1.54, 1.807) is 0 Å². The molecular formula is C15H15BrN4OS2. The third-order valence-corrected chi connectivity index (χ3v) is 6.11. The molecule has 2 heterocycles. The lowest BCUT2D eigenvalue weighted by atomic mass is 10.3. The molecule has 0 atom stereocenters. The smallest absolute Gasteiger partial charge is 0.275 e. The van der Waals surface area contributed by atoms with Gasteiger partial charge in [0.1, 0.15) is 0 Å². The van der Waals surface area contributed by atoms with Crippen molar-refractivity contribution in [2.75, 3.05) is 17.6 Å². The maximum absolute atomic E-state index is 11.6. The van der Waals surface area contributed by atoms with Crippen molar-refractivity contribution in [3.63, 3.8) is 0 Å². The fourth-order valence-electron chi connectivity index (χ4n) is 1.98. The molecule has 0 aliphatic rings. The average Bonchev–Trinajstić information content (AvgIpc) is 2.97. The van der Waals surface area contributed by atoms with Gasteiger partial charge in [0.15, 0.2) is 0 Å². The quantitative estimate of drug-likeness (QED) is 0.472. The second-order valence-electron chi connectivity index (χ2n) is 4.80. The van der Waals surface area contributed by atoms with Crippen molar-refractivity contribution in [2.24, 2.45) is 0 Å². The van der Waals surface area contributed by atoms with Gasteiger partial charge in [0.25, 0.3) is 5.56 Å². The molecule has 5 nitrogen and oxygen atoms in total. The van der Waals surface area contributed by atoms with Crippen LogP contribution in [-0.2, 0) is 0 Å². The summed E-state index contributed by atoms with van der Waals surface area (Å²) in [7, 11) is 0. The zero-order chi connectivity index (χ0) is 16.1. The minimum atomic E-state index is -0.149. The van der Waals surface area contributed by atoms with Gasteiger partial charge in [-0.2, -0.15) is 4.52 Å². The van der Waals surface area contributed by atoms with E-state index < -0.39 is 0 Å². The van der Waals surface area contributed by atoms with E-state index in [4.69, 9.17) is 0 Å². The first kappa shape index (κ1) is 16.5. The molecule has 3 rings (SSSR count). The molecule has 0 fully saturated rings. The second kappa shape index (κ2) is 7.94. The predicted molar refractivity (Wildman–Crippen MR) is 99.7 cm³/mol. The summed E-state index contributed by atoms with van der Waals surface area (Å²) < 4.78 is 2.48. The van der Waals surface area contributed by atoms with Crippen molar-refractivity contribution in [3.8, 4) is 0 Å². The topological polar surface area (TPSA) is 59.3 Å². The SMILES string of the molecule is O=c1ccnc2sc(NCCCCSc3ccccc3Br)nn12. The lowest BCUT2D eigenvalue weighted by Gasteiger charge is -2.04. The molecule has 1 N–H and O–H groups in total. The van der Waals surface area contributed by atoms with Crippen LogP contribution in [0.15, 0.2) is 50.7 Å². The van der Waals surface area contributed by atoms with Crippen LogP contribution in [0.25, 0.3) is 4.96 Å². The van der Waals surface area contributed by atoms with Crippen LogP contribution in [0.1, 0.15) is 12.8 Å². The Hall–Kier alpha value is -1.38. The Balaban J connectivity index is 1.42.